The second-order valence-corrected chi connectivity index (χ2v) is 10.5. The van der Waals surface area contributed by atoms with Gasteiger partial charge >= 0.3 is 0 Å². The van der Waals surface area contributed by atoms with Crippen molar-refractivity contribution in [2.75, 3.05) is 16.6 Å². The van der Waals surface area contributed by atoms with Crippen LogP contribution in [0.1, 0.15) is 6.42 Å². The van der Waals surface area contributed by atoms with Crippen molar-refractivity contribution in [3.05, 3.63) is 83.9 Å². The largest absolute Gasteiger partial charge is 0.326 e. The van der Waals surface area contributed by atoms with Crippen LogP contribution >= 0.6 is 11.6 Å². The lowest BCUT2D eigenvalue weighted by atomic mass is 10.3. The van der Waals surface area contributed by atoms with Crippen molar-refractivity contribution >= 4 is 48.9 Å². The molecule has 0 aliphatic heterocycles. The number of halogens is 1. The van der Waals surface area contributed by atoms with E-state index in [-0.39, 0.29) is 28.4 Å². The molecule has 3 aromatic rings. The smallest absolute Gasteiger partial charge is 0.261 e. The first-order chi connectivity index (χ1) is 15.2. The van der Waals surface area contributed by atoms with E-state index >= 15 is 0 Å². The Labute approximate surface area is 191 Å². The molecule has 3 aromatic carbocycles. The van der Waals surface area contributed by atoms with E-state index in [1.807, 2.05) is 0 Å². The number of sulfonamides is 2. The quantitative estimate of drug-likeness (QED) is 0.421. The molecule has 32 heavy (non-hydrogen) atoms. The third kappa shape index (κ3) is 6.54. The summed E-state index contributed by atoms with van der Waals surface area (Å²) < 4.78 is 54.3. The third-order valence-corrected chi connectivity index (χ3v) is 7.33. The van der Waals surface area contributed by atoms with Crippen molar-refractivity contribution in [2.45, 2.75) is 16.2 Å². The van der Waals surface area contributed by atoms with Gasteiger partial charge in [0.05, 0.1) is 9.79 Å². The van der Waals surface area contributed by atoms with Gasteiger partial charge in [0.25, 0.3) is 10.0 Å². The van der Waals surface area contributed by atoms with Gasteiger partial charge in [-0.15, -0.1) is 0 Å². The lowest BCUT2D eigenvalue weighted by Gasteiger charge is -2.11. The molecule has 0 aliphatic rings. The van der Waals surface area contributed by atoms with Crippen LogP contribution in [0.2, 0.25) is 5.02 Å². The van der Waals surface area contributed by atoms with Crippen molar-refractivity contribution in [1.82, 2.24) is 4.72 Å². The van der Waals surface area contributed by atoms with E-state index in [9.17, 15) is 21.6 Å². The number of rotatable bonds is 9. The topological polar surface area (TPSA) is 121 Å². The molecular formula is C21H20ClN3O5S2. The minimum atomic E-state index is -3.89. The number of nitrogens with one attached hydrogen (secondary N) is 3. The van der Waals surface area contributed by atoms with E-state index in [0.29, 0.717) is 10.7 Å². The van der Waals surface area contributed by atoms with Crippen LogP contribution in [-0.4, -0.2) is 29.3 Å². The highest BCUT2D eigenvalue weighted by molar-refractivity contribution is 7.92. The van der Waals surface area contributed by atoms with Crippen LogP contribution in [0.5, 0.6) is 0 Å². The Morgan fingerprint density at radius 1 is 0.750 bits per heavy atom. The van der Waals surface area contributed by atoms with Crippen LogP contribution < -0.4 is 14.8 Å². The summed E-state index contributed by atoms with van der Waals surface area (Å²) in [5.41, 5.74) is 0.606. The molecule has 8 nitrogen and oxygen atoms in total. The maximum atomic E-state index is 12.6. The zero-order valence-corrected chi connectivity index (χ0v) is 19.0. The summed E-state index contributed by atoms with van der Waals surface area (Å²) in [6, 6.07) is 19.7. The minimum Gasteiger partial charge on any atom is -0.326 e. The lowest BCUT2D eigenvalue weighted by molar-refractivity contribution is -0.116. The van der Waals surface area contributed by atoms with Gasteiger partial charge in [0.1, 0.15) is 0 Å². The fraction of sp³-hybridized carbons (Fsp3) is 0.0952. The molecule has 168 valence electrons. The number of amides is 1. The fourth-order valence-corrected chi connectivity index (χ4v) is 4.96. The SMILES string of the molecule is O=C(CCNS(=O)(=O)c1ccccc1)Nc1cccc(S(=O)(=O)Nc2ccc(Cl)cc2)c1. The zero-order valence-electron chi connectivity index (χ0n) is 16.7. The van der Waals surface area contributed by atoms with E-state index in [0.717, 1.165) is 0 Å². The van der Waals surface area contributed by atoms with E-state index in [1.165, 1.54) is 48.5 Å². The molecule has 0 atom stereocenters. The summed E-state index contributed by atoms with van der Waals surface area (Å²) in [7, 11) is -7.60. The van der Waals surface area contributed by atoms with Crippen molar-refractivity contribution in [1.29, 1.82) is 0 Å². The Kier molecular flexibility index (Phi) is 7.52. The van der Waals surface area contributed by atoms with Gasteiger partial charge in [-0.2, -0.15) is 0 Å². The molecule has 0 bridgehead atoms. The molecule has 0 aliphatic carbocycles. The van der Waals surface area contributed by atoms with Gasteiger partial charge in [0.2, 0.25) is 15.9 Å². The van der Waals surface area contributed by atoms with Gasteiger partial charge < -0.3 is 5.32 Å². The predicted octanol–water partition coefficient (Wildman–Crippen LogP) is 3.45. The number of carbonyl (C=O) groups excluding carboxylic acids is 1. The van der Waals surface area contributed by atoms with Crippen LogP contribution in [0.3, 0.4) is 0 Å². The Morgan fingerprint density at radius 3 is 2.09 bits per heavy atom. The van der Waals surface area contributed by atoms with Gasteiger partial charge in [-0.3, -0.25) is 9.52 Å². The summed E-state index contributed by atoms with van der Waals surface area (Å²) in [6.45, 7) is -0.112. The van der Waals surface area contributed by atoms with E-state index < -0.39 is 26.0 Å². The highest BCUT2D eigenvalue weighted by Gasteiger charge is 2.16. The number of hydrogen-bond donors (Lipinski definition) is 3. The number of benzene rings is 3. The minimum absolute atomic E-state index is 0.0463. The van der Waals surface area contributed by atoms with Crippen LogP contribution in [0.15, 0.2) is 88.7 Å². The van der Waals surface area contributed by atoms with Crippen LogP contribution in [-0.2, 0) is 24.8 Å². The average Bonchev–Trinajstić information content (AvgIpc) is 2.76. The average molecular weight is 494 g/mol. The molecular weight excluding hydrogens is 474 g/mol. The Morgan fingerprint density at radius 2 is 1.41 bits per heavy atom. The standard InChI is InChI=1S/C21H20ClN3O5S2/c22-16-9-11-17(12-10-16)25-32(29,30)20-8-4-5-18(15-20)24-21(26)13-14-23-31(27,28)19-6-2-1-3-7-19/h1-12,15,23,25H,13-14H2,(H,24,26). The lowest BCUT2D eigenvalue weighted by Crippen LogP contribution is -2.27. The molecule has 3 N–H and O–H groups in total. The Bertz CT molecular complexity index is 1300. The predicted molar refractivity (Wildman–Crippen MR) is 124 cm³/mol. The van der Waals surface area contributed by atoms with Crippen molar-refractivity contribution in [3.8, 4) is 0 Å². The van der Waals surface area contributed by atoms with Crippen LogP contribution in [0.4, 0.5) is 11.4 Å². The van der Waals surface area contributed by atoms with Crippen molar-refractivity contribution in [3.63, 3.8) is 0 Å². The van der Waals surface area contributed by atoms with E-state index in [4.69, 9.17) is 11.6 Å². The fourth-order valence-electron chi connectivity index (χ4n) is 2.68. The number of anilines is 2. The van der Waals surface area contributed by atoms with Gasteiger partial charge in [-0.05, 0) is 54.6 Å². The zero-order chi connectivity index (χ0) is 23.2. The Balaban J connectivity index is 1.59. The molecule has 0 saturated carbocycles. The van der Waals surface area contributed by atoms with E-state index in [2.05, 4.69) is 14.8 Å². The van der Waals surface area contributed by atoms with Gasteiger partial charge in [-0.1, -0.05) is 35.9 Å². The van der Waals surface area contributed by atoms with E-state index in [1.54, 1.807) is 30.3 Å². The molecule has 0 radical (unpaired) electrons. The summed E-state index contributed by atoms with van der Waals surface area (Å²) in [5.74, 6) is -0.471. The summed E-state index contributed by atoms with van der Waals surface area (Å²) in [6.07, 6.45) is -0.133. The van der Waals surface area contributed by atoms with Gasteiger partial charge in [0, 0.05) is 29.4 Å². The second-order valence-electron chi connectivity index (χ2n) is 6.65. The molecule has 0 aromatic heterocycles. The molecule has 11 heteroatoms. The second kappa shape index (κ2) is 10.1. The molecule has 0 saturated heterocycles. The Hall–Kier alpha value is -2.92. The highest BCUT2D eigenvalue weighted by Crippen LogP contribution is 2.21. The molecule has 0 spiro atoms. The van der Waals surface area contributed by atoms with Gasteiger partial charge in [-0.25, -0.2) is 21.6 Å². The van der Waals surface area contributed by atoms with Crippen LogP contribution in [0, 0.1) is 0 Å². The van der Waals surface area contributed by atoms with Crippen molar-refractivity contribution < 1.29 is 21.6 Å². The van der Waals surface area contributed by atoms with Crippen molar-refractivity contribution in [2.24, 2.45) is 0 Å². The first-order valence-corrected chi connectivity index (χ1v) is 12.7. The van der Waals surface area contributed by atoms with Crippen LogP contribution in [0.25, 0.3) is 0 Å². The number of carbonyl (C=O) groups is 1. The number of hydrogen-bond acceptors (Lipinski definition) is 5. The summed E-state index contributed by atoms with van der Waals surface area (Å²) in [5, 5.41) is 3.04. The van der Waals surface area contributed by atoms with Gasteiger partial charge in [0.15, 0.2) is 0 Å². The first kappa shape index (κ1) is 23.7. The molecule has 1 amide bonds. The molecule has 0 heterocycles. The molecule has 0 unspecified atom stereocenters. The molecule has 0 fully saturated rings. The maximum Gasteiger partial charge on any atom is 0.261 e. The third-order valence-electron chi connectivity index (χ3n) is 4.22. The summed E-state index contributed by atoms with van der Waals surface area (Å²) >= 11 is 5.81. The first-order valence-electron chi connectivity index (χ1n) is 9.39. The summed E-state index contributed by atoms with van der Waals surface area (Å²) in [4.78, 5) is 12.3. The maximum absolute atomic E-state index is 12.6. The molecule has 3 rings (SSSR count). The normalized spacial score (nSPS) is 11.7. The highest BCUT2D eigenvalue weighted by atomic mass is 35.5. The monoisotopic (exact) mass is 493 g/mol.